The minimum atomic E-state index is -0.324. The number of rotatable bonds is 5. The minimum Gasteiger partial charge on any atom is -0.462 e. The molecule has 0 aromatic carbocycles. The van der Waals surface area contributed by atoms with E-state index in [1.54, 1.807) is 13.1 Å². The van der Waals surface area contributed by atoms with Crippen molar-refractivity contribution in [3.63, 3.8) is 0 Å². The Morgan fingerprint density at radius 1 is 1.71 bits per heavy atom. The van der Waals surface area contributed by atoms with Gasteiger partial charge in [-0.2, -0.15) is 5.10 Å². The van der Waals surface area contributed by atoms with Gasteiger partial charge in [0.15, 0.2) is 0 Å². The van der Waals surface area contributed by atoms with E-state index in [2.05, 4.69) is 16.8 Å². The Morgan fingerprint density at radius 3 is 3.07 bits per heavy atom. The second-order valence-electron chi connectivity index (χ2n) is 3.10. The standard InChI is InChI=1S/C10H14N2O2/c1-8(2)10(13)14-7-3-4-9-5-6-11-12-9/h5-6H,1,3-4,7H2,2H3,(H,11,12). The molecule has 0 unspecified atom stereocenters. The number of aryl methyl sites for hydroxylation is 1. The molecule has 0 saturated carbocycles. The van der Waals surface area contributed by atoms with Gasteiger partial charge in [0.25, 0.3) is 0 Å². The lowest BCUT2D eigenvalue weighted by molar-refractivity contribution is -0.139. The molecule has 0 fully saturated rings. The monoisotopic (exact) mass is 194 g/mol. The van der Waals surface area contributed by atoms with Crippen molar-refractivity contribution in [3.05, 3.63) is 30.1 Å². The number of H-pyrrole nitrogens is 1. The Bertz CT molecular complexity index is 304. The summed E-state index contributed by atoms with van der Waals surface area (Å²) in [5.41, 5.74) is 1.49. The summed E-state index contributed by atoms with van der Waals surface area (Å²) in [6.45, 7) is 5.55. The molecule has 0 aliphatic rings. The lowest BCUT2D eigenvalue weighted by Crippen LogP contribution is -2.06. The molecular formula is C10H14N2O2. The maximum absolute atomic E-state index is 11.0. The zero-order valence-electron chi connectivity index (χ0n) is 8.25. The summed E-state index contributed by atoms with van der Waals surface area (Å²) >= 11 is 0. The molecule has 1 aromatic rings. The maximum atomic E-state index is 11.0. The van der Waals surface area contributed by atoms with Crippen LogP contribution < -0.4 is 0 Å². The van der Waals surface area contributed by atoms with E-state index in [0.717, 1.165) is 18.5 Å². The smallest absolute Gasteiger partial charge is 0.333 e. The van der Waals surface area contributed by atoms with Crippen LogP contribution in [0.5, 0.6) is 0 Å². The lowest BCUT2D eigenvalue weighted by Gasteiger charge is -2.02. The summed E-state index contributed by atoms with van der Waals surface area (Å²) in [7, 11) is 0. The van der Waals surface area contributed by atoms with Gasteiger partial charge >= 0.3 is 5.97 Å². The van der Waals surface area contributed by atoms with Crippen LogP contribution in [0.4, 0.5) is 0 Å². The predicted octanol–water partition coefficient (Wildman–Crippen LogP) is 1.46. The second-order valence-corrected chi connectivity index (χ2v) is 3.10. The number of hydrogen-bond acceptors (Lipinski definition) is 3. The lowest BCUT2D eigenvalue weighted by atomic mass is 10.2. The van der Waals surface area contributed by atoms with Gasteiger partial charge in [0.2, 0.25) is 0 Å². The maximum Gasteiger partial charge on any atom is 0.333 e. The molecule has 4 nitrogen and oxygen atoms in total. The van der Waals surface area contributed by atoms with E-state index in [4.69, 9.17) is 4.74 Å². The van der Waals surface area contributed by atoms with Gasteiger partial charge in [0.1, 0.15) is 0 Å². The molecule has 0 bridgehead atoms. The SMILES string of the molecule is C=C(C)C(=O)OCCCc1ccn[nH]1. The van der Waals surface area contributed by atoms with E-state index in [9.17, 15) is 4.79 Å². The molecular weight excluding hydrogens is 180 g/mol. The Hall–Kier alpha value is -1.58. The summed E-state index contributed by atoms with van der Waals surface area (Å²) in [6.07, 6.45) is 3.33. The van der Waals surface area contributed by atoms with Crippen LogP contribution in [-0.4, -0.2) is 22.8 Å². The molecule has 0 radical (unpaired) electrons. The van der Waals surface area contributed by atoms with Crippen LogP contribution in [0.2, 0.25) is 0 Å². The van der Waals surface area contributed by atoms with Crippen molar-refractivity contribution in [2.75, 3.05) is 6.61 Å². The van der Waals surface area contributed by atoms with Gasteiger partial charge in [0, 0.05) is 17.5 Å². The summed E-state index contributed by atoms with van der Waals surface area (Å²) in [5, 5.41) is 6.66. The van der Waals surface area contributed by atoms with E-state index in [1.165, 1.54) is 0 Å². The van der Waals surface area contributed by atoms with Crippen molar-refractivity contribution >= 4 is 5.97 Å². The van der Waals surface area contributed by atoms with E-state index < -0.39 is 0 Å². The molecule has 14 heavy (non-hydrogen) atoms. The predicted molar refractivity (Wildman–Crippen MR) is 52.7 cm³/mol. The third kappa shape index (κ3) is 3.43. The molecule has 0 saturated heterocycles. The molecule has 1 aromatic heterocycles. The molecule has 0 amide bonds. The van der Waals surface area contributed by atoms with Gasteiger partial charge in [-0.3, -0.25) is 5.10 Å². The second kappa shape index (κ2) is 5.21. The molecule has 1 N–H and O–H groups in total. The summed E-state index contributed by atoms with van der Waals surface area (Å²) < 4.78 is 4.93. The van der Waals surface area contributed by atoms with Gasteiger partial charge in [-0.1, -0.05) is 6.58 Å². The average molecular weight is 194 g/mol. The molecule has 4 heteroatoms. The third-order valence-electron chi connectivity index (χ3n) is 1.73. The number of carbonyl (C=O) groups is 1. The zero-order chi connectivity index (χ0) is 10.4. The number of carbonyl (C=O) groups excluding carboxylic acids is 1. The Labute approximate surface area is 83.0 Å². The molecule has 1 rings (SSSR count). The van der Waals surface area contributed by atoms with Crippen LogP contribution in [0.3, 0.4) is 0 Å². The van der Waals surface area contributed by atoms with E-state index in [0.29, 0.717) is 12.2 Å². The minimum absolute atomic E-state index is 0.324. The third-order valence-corrected chi connectivity index (χ3v) is 1.73. The molecule has 0 aliphatic heterocycles. The van der Waals surface area contributed by atoms with Crippen molar-refractivity contribution in [3.8, 4) is 0 Å². The van der Waals surface area contributed by atoms with Crippen LogP contribution in [-0.2, 0) is 16.0 Å². The Morgan fingerprint density at radius 2 is 2.50 bits per heavy atom. The fourth-order valence-corrected chi connectivity index (χ4v) is 0.975. The van der Waals surface area contributed by atoms with Gasteiger partial charge in [-0.05, 0) is 25.8 Å². The largest absolute Gasteiger partial charge is 0.462 e. The molecule has 0 spiro atoms. The van der Waals surface area contributed by atoms with E-state index in [-0.39, 0.29) is 5.97 Å². The quantitative estimate of drug-likeness (QED) is 0.438. The van der Waals surface area contributed by atoms with Crippen molar-refractivity contribution in [2.24, 2.45) is 0 Å². The first-order valence-corrected chi connectivity index (χ1v) is 4.51. The molecule has 0 aliphatic carbocycles. The van der Waals surface area contributed by atoms with Crippen LogP contribution in [0, 0.1) is 0 Å². The van der Waals surface area contributed by atoms with E-state index in [1.807, 2.05) is 6.07 Å². The van der Waals surface area contributed by atoms with E-state index >= 15 is 0 Å². The number of ether oxygens (including phenoxy) is 1. The highest BCUT2D eigenvalue weighted by Crippen LogP contribution is 1.99. The number of nitrogens with one attached hydrogen (secondary N) is 1. The first-order chi connectivity index (χ1) is 6.70. The zero-order valence-corrected chi connectivity index (χ0v) is 8.25. The highest BCUT2D eigenvalue weighted by Gasteiger charge is 2.02. The van der Waals surface area contributed by atoms with Crippen molar-refractivity contribution in [1.82, 2.24) is 10.2 Å². The first kappa shape index (κ1) is 10.5. The topological polar surface area (TPSA) is 55.0 Å². The van der Waals surface area contributed by atoms with Crippen LogP contribution >= 0.6 is 0 Å². The fourth-order valence-electron chi connectivity index (χ4n) is 0.975. The molecule has 1 heterocycles. The summed E-state index contributed by atoms with van der Waals surface area (Å²) in [6, 6.07) is 1.90. The van der Waals surface area contributed by atoms with Crippen LogP contribution in [0.15, 0.2) is 24.4 Å². The van der Waals surface area contributed by atoms with Crippen LogP contribution in [0.1, 0.15) is 19.0 Å². The van der Waals surface area contributed by atoms with Gasteiger partial charge in [-0.25, -0.2) is 4.79 Å². The number of aromatic nitrogens is 2. The molecule has 76 valence electrons. The Kier molecular flexibility index (Phi) is 3.91. The Balaban J connectivity index is 2.11. The van der Waals surface area contributed by atoms with Crippen molar-refractivity contribution < 1.29 is 9.53 Å². The normalized spacial score (nSPS) is 9.79. The van der Waals surface area contributed by atoms with Crippen molar-refractivity contribution in [2.45, 2.75) is 19.8 Å². The number of aromatic amines is 1. The van der Waals surface area contributed by atoms with Gasteiger partial charge < -0.3 is 4.74 Å². The van der Waals surface area contributed by atoms with Gasteiger partial charge in [0.05, 0.1) is 6.61 Å². The van der Waals surface area contributed by atoms with Crippen molar-refractivity contribution in [1.29, 1.82) is 0 Å². The number of esters is 1. The summed E-state index contributed by atoms with van der Waals surface area (Å²) in [5.74, 6) is -0.324. The van der Waals surface area contributed by atoms with Gasteiger partial charge in [-0.15, -0.1) is 0 Å². The highest BCUT2D eigenvalue weighted by atomic mass is 16.5. The van der Waals surface area contributed by atoms with Crippen LogP contribution in [0.25, 0.3) is 0 Å². The average Bonchev–Trinajstić information content (AvgIpc) is 2.64. The highest BCUT2D eigenvalue weighted by molar-refractivity contribution is 5.86. The molecule has 0 atom stereocenters. The number of hydrogen-bond donors (Lipinski definition) is 1. The summed E-state index contributed by atoms with van der Waals surface area (Å²) in [4.78, 5) is 11.0. The fraction of sp³-hybridized carbons (Fsp3) is 0.400. The number of nitrogens with zero attached hydrogens (tertiary/aromatic N) is 1. The first-order valence-electron chi connectivity index (χ1n) is 4.51.